The molecule has 0 heterocycles. The summed E-state index contributed by atoms with van der Waals surface area (Å²) in [6.45, 7) is 10.6. The topological polar surface area (TPSA) is 9.23 Å². The van der Waals surface area contributed by atoms with Crippen LogP contribution in [-0.2, 0) is 4.74 Å². The molecule has 0 saturated carbocycles. The average Bonchev–Trinajstić information content (AvgIpc) is 2.00. The third kappa shape index (κ3) is 4.79. The summed E-state index contributed by atoms with van der Waals surface area (Å²) >= 11 is 0. The highest BCUT2D eigenvalue weighted by Crippen LogP contribution is 2.12. The van der Waals surface area contributed by atoms with Crippen molar-refractivity contribution < 1.29 is 4.74 Å². The summed E-state index contributed by atoms with van der Waals surface area (Å²) in [6, 6.07) is 0. The second-order valence-corrected chi connectivity index (χ2v) is 2.74. The fourth-order valence-corrected chi connectivity index (χ4v) is 0.843. The summed E-state index contributed by atoms with van der Waals surface area (Å²) in [6.07, 6.45) is 3.46. The van der Waals surface area contributed by atoms with Gasteiger partial charge in [0.15, 0.2) is 0 Å². The molecule has 0 rings (SSSR count). The number of ether oxygens (including phenoxy) is 1. The van der Waals surface area contributed by atoms with E-state index >= 15 is 0 Å². The molecule has 1 heteroatoms. The van der Waals surface area contributed by atoms with Crippen LogP contribution in [-0.4, -0.2) is 13.7 Å². The molecule has 0 atom stereocenters. The van der Waals surface area contributed by atoms with Crippen LogP contribution in [0.4, 0.5) is 0 Å². The monoisotopic (exact) mass is 154 g/mol. The van der Waals surface area contributed by atoms with Crippen LogP contribution in [0.1, 0.15) is 26.2 Å². The fourth-order valence-electron chi connectivity index (χ4n) is 0.843. The van der Waals surface area contributed by atoms with E-state index in [1.165, 1.54) is 12.8 Å². The number of rotatable bonds is 6. The van der Waals surface area contributed by atoms with Crippen molar-refractivity contribution in [2.45, 2.75) is 26.2 Å². The molecule has 0 aromatic rings. The van der Waals surface area contributed by atoms with Crippen LogP contribution in [0.5, 0.6) is 0 Å². The zero-order valence-electron chi connectivity index (χ0n) is 7.65. The van der Waals surface area contributed by atoms with Crippen molar-refractivity contribution >= 4 is 0 Å². The van der Waals surface area contributed by atoms with Crippen LogP contribution in [0.25, 0.3) is 0 Å². The van der Waals surface area contributed by atoms with Crippen LogP contribution in [0, 0.1) is 0 Å². The van der Waals surface area contributed by atoms with Gasteiger partial charge in [0.1, 0.15) is 0 Å². The van der Waals surface area contributed by atoms with Gasteiger partial charge >= 0.3 is 0 Å². The molecule has 0 spiro atoms. The van der Waals surface area contributed by atoms with Crippen molar-refractivity contribution in [3.8, 4) is 0 Å². The Labute approximate surface area is 69.8 Å². The van der Waals surface area contributed by atoms with Gasteiger partial charge in [-0.25, -0.2) is 0 Å². The fraction of sp³-hybridized carbons (Fsp3) is 0.600. The molecule has 0 radical (unpaired) electrons. The van der Waals surface area contributed by atoms with E-state index in [1.807, 2.05) is 0 Å². The molecule has 0 aromatic carbocycles. The Morgan fingerprint density at radius 1 is 1.27 bits per heavy atom. The Bertz CT molecular complexity index is 136. The lowest BCUT2D eigenvalue weighted by molar-refractivity contribution is 0.227. The van der Waals surface area contributed by atoms with Gasteiger partial charge in [0, 0.05) is 7.11 Å². The van der Waals surface area contributed by atoms with Gasteiger partial charge in [0.2, 0.25) is 0 Å². The molecule has 0 aliphatic heterocycles. The normalized spacial score (nSPS) is 9.64. The van der Waals surface area contributed by atoms with Gasteiger partial charge < -0.3 is 4.74 Å². The highest BCUT2D eigenvalue weighted by molar-refractivity contribution is 5.25. The molecular formula is C10H18O. The van der Waals surface area contributed by atoms with Crippen LogP contribution >= 0.6 is 0 Å². The van der Waals surface area contributed by atoms with Crippen molar-refractivity contribution in [1.29, 1.82) is 0 Å². The molecule has 0 saturated heterocycles. The molecule has 64 valence electrons. The SMILES string of the molecule is C=C(CCCC)C(=C)COC. The maximum atomic E-state index is 4.94. The summed E-state index contributed by atoms with van der Waals surface area (Å²) < 4.78 is 4.94. The van der Waals surface area contributed by atoms with Crippen molar-refractivity contribution in [3.63, 3.8) is 0 Å². The van der Waals surface area contributed by atoms with Crippen molar-refractivity contribution in [2.75, 3.05) is 13.7 Å². The van der Waals surface area contributed by atoms with E-state index in [1.54, 1.807) is 7.11 Å². The third-order valence-corrected chi connectivity index (χ3v) is 1.65. The maximum Gasteiger partial charge on any atom is 0.0709 e. The van der Waals surface area contributed by atoms with Crippen LogP contribution in [0.15, 0.2) is 24.3 Å². The Hall–Kier alpha value is -0.560. The summed E-state index contributed by atoms with van der Waals surface area (Å²) in [7, 11) is 1.68. The Balaban J connectivity index is 3.56. The molecule has 0 fully saturated rings. The predicted octanol–water partition coefficient (Wildman–Crippen LogP) is 2.94. The first-order valence-corrected chi connectivity index (χ1v) is 4.07. The molecule has 0 unspecified atom stereocenters. The summed E-state index contributed by atoms with van der Waals surface area (Å²) in [5.74, 6) is 0. The summed E-state index contributed by atoms with van der Waals surface area (Å²) in [5, 5.41) is 0. The second kappa shape index (κ2) is 6.17. The van der Waals surface area contributed by atoms with Crippen LogP contribution < -0.4 is 0 Å². The third-order valence-electron chi connectivity index (χ3n) is 1.65. The Morgan fingerprint density at radius 2 is 1.91 bits per heavy atom. The highest BCUT2D eigenvalue weighted by atomic mass is 16.5. The maximum absolute atomic E-state index is 4.94. The van der Waals surface area contributed by atoms with E-state index in [4.69, 9.17) is 4.74 Å². The number of methoxy groups -OCH3 is 1. The molecule has 0 aromatic heterocycles. The van der Waals surface area contributed by atoms with Gasteiger partial charge in [-0.2, -0.15) is 0 Å². The molecular weight excluding hydrogens is 136 g/mol. The first-order chi connectivity index (χ1) is 5.22. The van der Waals surface area contributed by atoms with E-state index in [-0.39, 0.29) is 0 Å². The second-order valence-electron chi connectivity index (χ2n) is 2.74. The standard InChI is InChI=1S/C10H18O/c1-5-6-7-9(2)10(3)8-11-4/h2-3,5-8H2,1,4H3. The lowest BCUT2D eigenvalue weighted by Gasteiger charge is -2.06. The van der Waals surface area contributed by atoms with E-state index in [2.05, 4.69) is 20.1 Å². The van der Waals surface area contributed by atoms with Gasteiger partial charge in [0.25, 0.3) is 0 Å². The van der Waals surface area contributed by atoms with Gasteiger partial charge in [-0.1, -0.05) is 32.1 Å². The zero-order valence-corrected chi connectivity index (χ0v) is 7.65. The summed E-state index contributed by atoms with van der Waals surface area (Å²) in [5.41, 5.74) is 2.16. The minimum absolute atomic E-state index is 0.614. The smallest absolute Gasteiger partial charge is 0.0709 e. The average molecular weight is 154 g/mol. The number of unbranched alkanes of at least 4 members (excludes halogenated alkanes) is 1. The van der Waals surface area contributed by atoms with Gasteiger partial charge in [-0.3, -0.25) is 0 Å². The van der Waals surface area contributed by atoms with Crippen molar-refractivity contribution in [2.24, 2.45) is 0 Å². The van der Waals surface area contributed by atoms with E-state index < -0.39 is 0 Å². The Morgan fingerprint density at radius 3 is 2.36 bits per heavy atom. The molecule has 0 amide bonds. The number of hydrogen-bond acceptors (Lipinski definition) is 1. The lowest BCUT2D eigenvalue weighted by atomic mass is 10.0. The summed E-state index contributed by atoms with van der Waals surface area (Å²) in [4.78, 5) is 0. The van der Waals surface area contributed by atoms with Gasteiger partial charge in [-0.05, 0) is 18.4 Å². The largest absolute Gasteiger partial charge is 0.380 e. The quantitative estimate of drug-likeness (QED) is 0.534. The predicted molar refractivity (Wildman–Crippen MR) is 49.7 cm³/mol. The van der Waals surface area contributed by atoms with Crippen LogP contribution in [0.3, 0.4) is 0 Å². The molecule has 0 bridgehead atoms. The van der Waals surface area contributed by atoms with Crippen molar-refractivity contribution in [1.82, 2.24) is 0 Å². The van der Waals surface area contributed by atoms with E-state index in [0.717, 1.165) is 17.6 Å². The molecule has 0 aliphatic rings. The first-order valence-electron chi connectivity index (χ1n) is 4.07. The Kier molecular flexibility index (Phi) is 5.86. The van der Waals surface area contributed by atoms with E-state index in [0.29, 0.717) is 6.61 Å². The molecule has 0 N–H and O–H groups in total. The minimum atomic E-state index is 0.614. The van der Waals surface area contributed by atoms with E-state index in [9.17, 15) is 0 Å². The molecule has 0 aliphatic carbocycles. The zero-order chi connectivity index (χ0) is 8.69. The number of hydrogen-bond donors (Lipinski definition) is 0. The molecule has 1 nitrogen and oxygen atoms in total. The lowest BCUT2D eigenvalue weighted by Crippen LogP contribution is -1.95. The van der Waals surface area contributed by atoms with Crippen LogP contribution in [0.2, 0.25) is 0 Å². The minimum Gasteiger partial charge on any atom is -0.380 e. The highest BCUT2D eigenvalue weighted by Gasteiger charge is 1.97. The van der Waals surface area contributed by atoms with Gasteiger partial charge in [0.05, 0.1) is 6.61 Å². The van der Waals surface area contributed by atoms with Gasteiger partial charge in [-0.15, -0.1) is 0 Å². The first kappa shape index (κ1) is 10.4. The molecule has 11 heavy (non-hydrogen) atoms. The van der Waals surface area contributed by atoms with Crippen molar-refractivity contribution in [3.05, 3.63) is 24.3 Å².